The normalized spacial score (nSPS) is 12.1. The summed E-state index contributed by atoms with van der Waals surface area (Å²) < 4.78 is 3.31. The monoisotopic (exact) mass is 428 g/mol. The van der Waals surface area contributed by atoms with Gasteiger partial charge in [-0.2, -0.15) is 5.10 Å². The fraction of sp³-hybridized carbons (Fsp3) is 0.269. The zero-order chi connectivity index (χ0) is 22.8. The highest BCUT2D eigenvalue weighted by atomic mass is 16.2. The molecule has 2 aromatic carbocycles. The first-order chi connectivity index (χ1) is 15.4. The Morgan fingerprint density at radius 2 is 1.75 bits per heavy atom. The number of hydrogen-bond donors (Lipinski definition) is 1. The molecule has 0 saturated heterocycles. The summed E-state index contributed by atoms with van der Waals surface area (Å²) in [6.45, 7) is 7.85. The summed E-state index contributed by atoms with van der Waals surface area (Å²) in [5, 5.41) is 8.68. The zero-order valence-electron chi connectivity index (χ0n) is 18.9. The average molecular weight is 429 g/mol. The second-order valence-electron chi connectivity index (χ2n) is 8.18. The Hall–Kier alpha value is -3.67. The smallest absolute Gasteiger partial charge is 0.252 e. The maximum Gasteiger partial charge on any atom is 0.252 e. The summed E-state index contributed by atoms with van der Waals surface area (Å²) in [6.07, 6.45) is 0.713. The van der Waals surface area contributed by atoms with Crippen molar-refractivity contribution in [1.82, 2.24) is 19.7 Å². The van der Waals surface area contributed by atoms with E-state index in [2.05, 4.69) is 5.32 Å². The van der Waals surface area contributed by atoms with Crippen molar-refractivity contribution in [1.29, 1.82) is 0 Å². The fourth-order valence-corrected chi connectivity index (χ4v) is 4.10. The highest BCUT2D eigenvalue weighted by Gasteiger charge is 2.20. The Morgan fingerprint density at radius 3 is 2.41 bits per heavy atom. The van der Waals surface area contributed by atoms with Gasteiger partial charge < -0.3 is 5.32 Å². The molecular weight excluding hydrogens is 400 g/mol. The molecule has 2 heterocycles. The van der Waals surface area contributed by atoms with Crippen molar-refractivity contribution in [2.24, 2.45) is 0 Å². The molecule has 0 spiro atoms. The first-order valence-electron chi connectivity index (χ1n) is 10.9. The number of fused-ring (bicyclic) bond motifs is 1. The molecule has 6 heteroatoms. The number of pyridine rings is 1. The van der Waals surface area contributed by atoms with Crippen LogP contribution in [0.1, 0.15) is 42.3 Å². The lowest BCUT2D eigenvalue weighted by Crippen LogP contribution is -2.34. The molecule has 32 heavy (non-hydrogen) atoms. The Labute approximate surface area is 187 Å². The molecule has 0 bridgehead atoms. The van der Waals surface area contributed by atoms with Crippen LogP contribution in [0.5, 0.6) is 0 Å². The topological polar surface area (TPSA) is 68.9 Å². The Balaban J connectivity index is 1.78. The van der Waals surface area contributed by atoms with Crippen LogP contribution in [-0.4, -0.2) is 20.3 Å². The Kier molecular flexibility index (Phi) is 5.95. The van der Waals surface area contributed by atoms with E-state index in [1.165, 1.54) is 4.57 Å². The third kappa shape index (κ3) is 4.08. The maximum atomic E-state index is 13.1. The molecule has 1 amide bonds. The lowest BCUT2D eigenvalue weighted by molar-refractivity contribution is -0.122. The summed E-state index contributed by atoms with van der Waals surface area (Å²) in [7, 11) is 0. The van der Waals surface area contributed by atoms with Crippen molar-refractivity contribution in [3.8, 4) is 5.69 Å². The molecule has 1 unspecified atom stereocenters. The number of amides is 1. The van der Waals surface area contributed by atoms with Crippen LogP contribution in [0.4, 0.5) is 0 Å². The van der Waals surface area contributed by atoms with Gasteiger partial charge in [-0.05, 0) is 50.5 Å². The van der Waals surface area contributed by atoms with Gasteiger partial charge in [-0.1, -0.05) is 55.0 Å². The number of benzene rings is 2. The highest BCUT2D eigenvalue weighted by molar-refractivity contribution is 5.86. The SMILES string of the molecule is CCc1cc(=O)n(CC(=O)NC(C)c2ccccc2)c2c1c(C)nn2-c1ccc(C)cc1. The van der Waals surface area contributed by atoms with E-state index < -0.39 is 0 Å². The van der Waals surface area contributed by atoms with Crippen molar-refractivity contribution >= 4 is 16.9 Å². The third-order valence-electron chi connectivity index (χ3n) is 5.81. The van der Waals surface area contributed by atoms with Gasteiger partial charge in [0.05, 0.1) is 17.4 Å². The average Bonchev–Trinajstić information content (AvgIpc) is 3.13. The van der Waals surface area contributed by atoms with Crippen LogP contribution in [0.15, 0.2) is 65.5 Å². The first kappa shape index (κ1) is 21.6. The number of nitrogens with zero attached hydrogens (tertiary/aromatic N) is 3. The number of rotatable bonds is 6. The van der Waals surface area contributed by atoms with E-state index in [9.17, 15) is 9.59 Å². The van der Waals surface area contributed by atoms with Crippen LogP contribution < -0.4 is 10.9 Å². The van der Waals surface area contributed by atoms with E-state index in [0.29, 0.717) is 12.1 Å². The van der Waals surface area contributed by atoms with Gasteiger partial charge in [0.1, 0.15) is 12.2 Å². The summed E-state index contributed by atoms with van der Waals surface area (Å²) in [6, 6.07) is 19.2. The van der Waals surface area contributed by atoms with Crippen molar-refractivity contribution in [2.75, 3.05) is 0 Å². The van der Waals surface area contributed by atoms with Crippen LogP contribution >= 0.6 is 0 Å². The van der Waals surface area contributed by atoms with Gasteiger partial charge >= 0.3 is 0 Å². The van der Waals surface area contributed by atoms with E-state index in [-0.39, 0.29) is 24.1 Å². The van der Waals surface area contributed by atoms with E-state index >= 15 is 0 Å². The quantitative estimate of drug-likeness (QED) is 0.499. The zero-order valence-corrected chi connectivity index (χ0v) is 18.9. The minimum atomic E-state index is -0.219. The molecule has 1 N–H and O–H groups in total. The number of carbonyl (C=O) groups excluding carboxylic acids is 1. The summed E-state index contributed by atoms with van der Waals surface area (Å²) >= 11 is 0. The molecule has 0 aliphatic carbocycles. The van der Waals surface area contributed by atoms with Gasteiger partial charge in [0.25, 0.3) is 5.56 Å². The fourth-order valence-electron chi connectivity index (χ4n) is 4.10. The highest BCUT2D eigenvalue weighted by Crippen LogP contribution is 2.25. The third-order valence-corrected chi connectivity index (χ3v) is 5.81. The van der Waals surface area contributed by atoms with E-state index in [0.717, 1.165) is 33.5 Å². The molecule has 6 nitrogen and oxygen atoms in total. The largest absolute Gasteiger partial charge is 0.348 e. The van der Waals surface area contributed by atoms with E-state index in [1.54, 1.807) is 10.7 Å². The van der Waals surface area contributed by atoms with Crippen LogP contribution in [-0.2, 0) is 17.8 Å². The summed E-state index contributed by atoms with van der Waals surface area (Å²) in [4.78, 5) is 26.0. The van der Waals surface area contributed by atoms with Crippen LogP contribution in [0.25, 0.3) is 16.7 Å². The molecule has 4 rings (SSSR count). The number of aromatic nitrogens is 3. The molecule has 164 valence electrons. The van der Waals surface area contributed by atoms with Gasteiger partial charge in [0, 0.05) is 11.5 Å². The first-order valence-corrected chi connectivity index (χ1v) is 10.9. The molecule has 0 radical (unpaired) electrons. The van der Waals surface area contributed by atoms with E-state index in [1.807, 2.05) is 82.3 Å². The minimum Gasteiger partial charge on any atom is -0.348 e. The van der Waals surface area contributed by atoms with E-state index in [4.69, 9.17) is 5.10 Å². The number of aryl methyl sites for hydroxylation is 3. The molecule has 1 atom stereocenters. The van der Waals surface area contributed by atoms with Crippen molar-refractivity contribution in [3.05, 3.63) is 93.4 Å². The van der Waals surface area contributed by atoms with Crippen molar-refractivity contribution < 1.29 is 4.79 Å². The van der Waals surface area contributed by atoms with Crippen LogP contribution in [0.3, 0.4) is 0 Å². The van der Waals surface area contributed by atoms with Crippen LogP contribution in [0, 0.1) is 13.8 Å². The Bertz CT molecular complexity index is 1320. The maximum absolute atomic E-state index is 13.1. The van der Waals surface area contributed by atoms with Crippen LogP contribution in [0.2, 0.25) is 0 Å². The second kappa shape index (κ2) is 8.83. The van der Waals surface area contributed by atoms with Crippen molar-refractivity contribution in [2.45, 2.75) is 46.7 Å². The van der Waals surface area contributed by atoms with Gasteiger partial charge in [-0.3, -0.25) is 14.2 Å². The molecule has 4 aromatic rings. The molecule has 0 aliphatic heterocycles. The minimum absolute atomic E-state index is 0.0759. The molecule has 2 aromatic heterocycles. The summed E-state index contributed by atoms with van der Waals surface area (Å²) in [5.41, 5.74) is 5.24. The summed E-state index contributed by atoms with van der Waals surface area (Å²) in [5.74, 6) is -0.219. The lowest BCUT2D eigenvalue weighted by Gasteiger charge is -2.16. The molecule has 0 saturated carbocycles. The predicted octanol–water partition coefficient (Wildman–Crippen LogP) is 4.24. The van der Waals surface area contributed by atoms with Gasteiger partial charge in [-0.15, -0.1) is 0 Å². The van der Waals surface area contributed by atoms with Gasteiger partial charge in [0.15, 0.2) is 0 Å². The predicted molar refractivity (Wildman–Crippen MR) is 127 cm³/mol. The Morgan fingerprint density at radius 1 is 1.06 bits per heavy atom. The number of carbonyl (C=O) groups is 1. The standard InChI is InChI=1S/C26H28N4O2/c1-5-20-15-24(32)29(16-23(31)27-18(3)21-9-7-6-8-10-21)26-25(20)19(4)28-30(26)22-13-11-17(2)12-14-22/h6-15,18H,5,16H2,1-4H3,(H,27,31). The molecular formula is C26H28N4O2. The number of nitrogens with one attached hydrogen (secondary N) is 1. The second-order valence-corrected chi connectivity index (χ2v) is 8.18. The molecule has 0 aliphatic rings. The number of hydrogen-bond acceptors (Lipinski definition) is 3. The lowest BCUT2D eigenvalue weighted by atomic mass is 10.1. The van der Waals surface area contributed by atoms with Gasteiger partial charge in [-0.25, -0.2) is 4.68 Å². The van der Waals surface area contributed by atoms with Gasteiger partial charge in [0.2, 0.25) is 5.91 Å². The van der Waals surface area contributed by atoms with Crippen molar-refractivity contribution in [3.63, 3.8) is 0 Å². The molecule has 0 fully saturated rings.